The van der Waals surface area contributed by atoms with Gasteiger partial charge in [0.25, 0.3) is 0 Å². The molecule has 3 unspecified atom stereocenters. The van der Waals surface area contributed by atoms with Crippen LogP contribution in [0.1, 0.15) is 18.2 Å². The summed E-state index contributed by atoms with van der Waals surface area (Å²) in [6, 6.07) is 14.4. The molecule has 6 atom stereocenters. The predicted octanol–water partition coefficient (Wildman–Crippen LogP) is 0.872. The van der Waals surface area contributed by atoms with Crippen LogP contribution < -0.4 is 11.0 Å². The van der Waals surface area contributed by atoms with Crippen molar-refractivity contribution in [1.82, 2.24) is 9.55 Å². The van der Waals surface area contributed by atoms with E-state index < -0.39 is 71.1 Å². The van der Waals surface area contributed by atoms with E-state index in [0.29, 0.717) is 0 Å². The molecule has 0 spiro atoms. The molecule has 1 aliphatic heterocycles. The minimum atomic E-state index is -5.13. The number of hydrogen-bond donors (Lipinski definition) is 6. The van der Waals surface area contributed by atoms with Gasteiger partial charge in [0.05, 0.1) is 25.8 Å². The van der Waals surface area contributed by atoms with Crippen molar-refractivity contribution in [3.8, 4) is 0 Å². The molecule has 1 aliphatic rings. The Hall–Kier alpha value is -2.85. The number of carbonyl (C=O) groups excluding carboxylic acids is 1. The molecule has 0 saturated carbocycles. The lowest BCUT2D eigenvalue weighted by Gasteiger charge is -2.19. The van der Waals surface area contributed by atoms with Crippen LogP contribution in [-0.4, -0.2) is 85.0 Å². The first-order chi connectivity index (χ1) is 20.4. The molecule has 43 heavy (non-hydrogen) atoms. The molecule has 0 aliphatic carbocycles. The summed E-state index contributed by atoms with van der Waals surface area (Å²) in [5.74, 6) is -0.485. The van der Waals surface area contributed by atoms with Crippen molar-refractivity contribution in [2.75, 3.05) is 31.5 Å². The predicted molar refractivity (Wildman–Crippen MR) is 150 cm³/mol. The summed E-state index contributed by atoms with van der Waals surface area (Å²) < 4.78 is 44.2. The molecule has 0 bridgehead atoms. The van der Waals surface area contributed by atoms with E-state index in [1.54, 1.807) is 0 Å². The molecule has 1 saturated heterocycles. The number of rotatable bonds is 14. The second-order valence-electron chi connectivity index (χ2n) is 9.51. The van der Waals surface area contributed by atoms with E-state index >= 15 is 0 Å². The van der Waals surface area contributed by atoms with Crippen LogP contribution >= 0.6 is 15.4 Å². The second-order valence-corrected chi connectivity index (χ2v) is 13.1. The highest BCUT2D eigenvalue weighted by molar-refractivity contribution is 7.64. The summed E-state index contributed by atoms with van der Waals surface area (Å²) in [6.07, 6.45) is -5.78. The number of nitrogens with zero attached hydrogens (tertiary/aromatic N) is 2. The monoisotopic (exact) mass is 643 g/mol. The van der Waals surface area contributed by atoms with Gasteiger partial charge < -0.3 is 39.9 Å². The Kier molecular flexibility index (Phi) is 11.0. The third-order valence-electron chi connectivity index (χ3n) is 6.39. The molecule has 18 heteroatoms. The molecule has 1 amide bonds. The molecular weight excluding hydrogens is 612 g/mol. The van der Waals surface area contributed by atoms with Crippen molar-refractivity contribution in [2.45, 2.75) is 37.4 Å². The van der Waals surface area contributed by atoms with Gasteiger partial charge in [0.2, 0.25) is 5.91 Å². The lowest BCUT2D eigenvalue weighted by atomic mass is 10.0. The first-order valence-electron chi connectivity index (χ1n) is 13.0. The Labute approximate surface area is 244 Å². The van der Waals surface area contributed by atoms with Crippen molar-refractivity contribution in [3.05, 3.63) is 70.8 Å². The number of anilines is 1. The quantitative estimate of drug-likeness (QED) is 0.0813. The fraction of sp³-hybridized carbons (Fsp3) is 0.400. The van der Waals surface area contributed by atoms with Gasteiger partial charge in [0.15, 0.2) is 6.23 Å². The zero-order valence-electron chi connectivity index (χ0n) is 22.5. The number of phosphoric acid groups is 1. The maximum atomic E-state index is 12.7. The van der Waals surface area contributed by atoms with Gasteiger partial charge in [0.1, 0.15) is 30.9 Å². The summed E-state index contributed by atoms with van der Waals surface area (Å²) in [6.45, 7) is -1.57. The van der Waals surface area contributed by atoms with E-state index in [4.69, 9.17) is 9.84 Å². The Morgan fingerprint density at radius 3 is 2.56 bits per heavy atom. The molecule has 2 aromatic carbocycles. The highest BCUT2D eigenvalue weighted by atomic mass is 31.3. The molecule has 0 radical (unpaired) electrons. The van der Waals surface area contributed by atoms with Gasteiger partial charge in [-0.25, -0.2) is 13.7 Å². The van der Waals surface area contributed by atoms with Gasteiger partial charge in [-0.15, -0.1) is 0 Å². The number of aliphatic hydroxyl groups is 3. The largest absolute Gasteiger partial charge is 0.479 e. The van der Waals surface area contributed by atoms with Crippen molar-refractivity contribution < 1.29 is 57.3 Å². The fourth-order valence-corrected chi connectivity index (χ4v) is 7.07. The molecular formula is C25H31N3O13P2. The number of ether oxygens (including phenoxy) is 2. The van der Waals surface area contributed by atoms with Crippen molar-refractivity contribution >= 4 is 37.9 Å². The van der Waals surface area contributed by atoms with Crippen LogP contribution in [0.2, 0.25) is 0 Å². The summed E-state index contributed by atoms with van der Waals surface area (Å²) in [5, 5.41) is 33.8. The van der Waals surface area contributed by atoms with Crippen LogP contribution in [0.4, 0.5) is 5.82 Å². The Morgan fingerprint density at radius 2 is 1.81 bits per heavy atom. The normalized spacial score (nSPS) is 23.1. The number of hydrogen-bond acceptors (Lipinski definition) is 12. The third-order valence-corrected chi connectivity index (χ3v) is 9.60. The van der Waals surface area contributed by atoms with Gasteiger partial charge >= 0.3 is 21.1 Å². The number of benzene rings is 2. The zero-order valence-corrected chi connectivity index (χ0v) is 24.3. The molecule has 234 valence electrons. The summed E-state index contributed by atoms with van der Waals surface area (Å²) in [7, 11) is -9.72. The lowest BCUT2D eigenvalue weighted by molar-refractivity contribution is -0.115. The first-order valence-corrected chi connectivity index (χ1v) is 16.2. The zero-order chi connectivity index (χ0) is 31.2. The van der Waals surface area contributed by atoms with Crippen LogP contribution in [0.25, 0.3) is 10.8 Å². The number of nitrogens with one attached hydrogen (secondary N) is 1. The molecule has 1 aromatic heterocycles. The van der Waals surface area contributed by atoms with E-state index in [-0.39, 0.29) is 25.3 Å². The van der Waals surface area contributed by atoms with E-state index in [0.717, 1.165) is 20.9 Å². The number of carbonyl (C=O) groups is 1. The Morgan fingerprint density at radius 1 is 1.07 bits per heavy atom. The van der Waals surface area contributed by atoms with Gasteiger partial charge in [-0.3, -0.25) is 18.5 Å². The smallest absolute Gasteiger partial charge is 0.387 e. The first kappa shape index (κ1) is 33.1. The van der Waals surface area contributed by atoms with Crippen LogP contribution in [-0.2, 0) is 38.7 Å². The number of amides is 1. The van der Waals surface area contributed by atoms with E-state index in [9.17, 15) is 38.7 Å². The average Bonchev–Trinajstić information content (AvgIpc) is 3.22. The number of phosphoric ester groups is 1. The van der Waals surface area contributed by atoms with Crippen molar-refractivity contribution in [3.63, 3.8) is 0 Å². The van der Waals surface area contributed by atoms with Crippen molar-refractivity contribution in [1.29, 1.82) is 0 Å². The van der Waals surface area contributed by atoms with Gasteiger partial charge in [-0.2, -0.15) is 4.98 Å². The summed E-state index contributed by atoms with van der Waals surface area (Å²) in [5.41, 5.74) is -0.163. The number of aliphatic hydroxyl groups excluding tert-OH is 3. The topological polar surface area (TPSA) is 236 Å². The maximum Gasteiger partial charge on any atom is 0.479 e. The van der Waals surface area contributed by atoms with Crippen LogP contribution in [0.15, 0.2) is 59.5 Å². The summed E-state index contributed by atoms with van der Waals surface area (Å²) in [4.78, 5) is 48.8. The molecule has 16 nitrogen and oxygen atoms in total. The third kappa shape index (κ3) is 8.85. The van der Waals surface area contributed by atoms with Crippen molar-refractivity contribution in [2.24, 2.45) is 0 Å². The van der Waals surface area contributed by atoms with E-state index in [1.165, 1.54) is 12.3 Å². The molecule has 1 fully saturated rings. The number of aromatic nitrogens is 2. The SMILES string of the molecule is O=C(Cc1cccc2ccccc12)Nc1ccn([C@@H]2O[C@H](COP(=O)(O)OP(=O)(O)CCCOCO)C(O)[C@@H]2O)c(=O)n1. The van der Waals surface area contributed by atoms with Gasteiger partial charge in [-0.05, 0) is 28.8 Å². The van der Waals surface area contributed by atoms with Gasteiger partial charge in [0, 0.05) is 6.20 Å². The molecule has 4 rings (SSSR count). The molecule has 2 heterocycles. The standard InChI is InChI=1S/C25H31N3O13P2/c29-15-38-11-4-12-42(34,35)41-43(36,37)39-14-19-22(31)23(32)24(40-19)28-10-9-20(27-25(28)33)26-21(30)13-17-7-3-6-16-5-1-2-8-18(16)17/h1-3,5-10,19,22-24,29,31-32H,4,11-15H2,(H,34,35)(H,36,37)(H,26,27,30,33)/t19-,22?,23+,24-/m1/s1. The minimum Gasteiger partial charge on any atom is -0.387 e. The molecule has 6 N–H and O–H groups in total. The lowest BCUT2D eigenvalue weighted by Crippen LogP contribution is -2.36. The number of fused-ring (bicyclic) bond motifs is 1. The van der Waals surface area contributed by atoms with E-state index in [2.05, 4.69) is 23.9 Å². The van der Waals surface area contributed by atoms with Crippen LogP contribution in [0.3, 0.4) is 0 Å². The van der Waals surface area contributed by atoms with E-state index in [1.807, 2.05) is 42.5 Å². The highest BCUT2D eigenvalue weighted by Gasteiger charge is 2.45. The minimum absolute atomic E-state index is 0.0206. The fourth-order valence-electron chi connectivity index (χ4n) is 4.40. The highest BCUT2D eigenvalue weighted by Crippen LogP contribution is 2.60. The van der Waals surface area contributed by atoms with Gasteiger partial charge in [-0.1, -0.05) is 42.5 Å². The molecule has 3 aromatic rings. The summed E-state index contributed by atoms with van der Waals surface area (Å²) >= 11 is 0. The maximum absolute atomic E-state index is 12.7. The van der Waals surface area contributed by atoms with Crippen LogP contribution in [0.5, 0.6) is 0 Å². The van der Waals surface area contributed by atoms with Crippen LogP contribution in [0, 0.1) is 0 Å². The second kappa shape index (κ2) is 14.3. The Bertz CT molecular complexity index is 1580. The average molecular weight is 643 g/mol. The Balaban J connectivity index is 1.34.